The summed E-state index contributed by atoms with van der Waals surface area (Å²) in [5, 5.41) is 0. The molecule has 0 aromatic rings. The zero-order chi connectivity index (χ0) is 20.3. The highest BCUT2D eigenvalue weighted by atomic mass is 16.6. The SMILES string of the molecule is CC(C)C[C@H](CN)CC(=O)OC(C)CCOC(=O)CC1(CN)CCCCC1. The van der Waals surface area contributed by atoms with E-state index in [0.29, 0.717) is 38.3 Å². The number of ether oxygens (including phenoxy) is 2. The van der Waals surface area contributed by atoms with E-state index in [0.717, 1.165) is 32.1 Å². The molecule has 1 fully saturated rings. The molecule has 0 aromatic carbocycles. The van der Waals surface area contributed by atoms with Crippen LogP contribution in [-0.4, -0.2) is 37.7 Å². The first-order valence-corrected chi connectivity index (χ1v) is 10.6. The average Bonchev–Trinajstić information content (AvgIpc) is 2.61. The van der Waals surface area contributed by atoms with Crippen LogP contribution in [0, 0.1) is 17.3 Å². The molecule has 0 saturated heterocycles. The summed E-state index contributed by atoms with van der Waals surface area (Å²) in [4.78, 5) is 24.2. The van der Waals surface area contributed by atoms with E-state index in [1.807, 2.05) is 6.92 Å². The number of hydrogen-bond donors (Lipinski definition) is 2. The molecule has 2 atom stereocenters. The normalized spacial score (nSPS) is 18.7. The molecule has 6 nitrogen and oxygen atoms in total. The Balaban J connectivity index is 2.26. The van der Waals surface area contributed by atoms with E-state index < -0.39 is 0 Å². The van der Waals surface area contributed by atoms with Gasteiger partial charge in [-0.3, -0.25) is 9.59 Å². The first-order chi connectivity index (χ1) is 12.8. The van der Waals surface area contributed by atoms with E-state index in [4.69, 9.17) is 20.9 Å². The van der Waals surface area contributed by atoms with Crippen LogP contribution in [0.1, 0.15) is 78.6 Å². The van der Waals surface area contributed by atoms with Gasteiger partial charge in [0.15, 0.2) is 0 Å². The lowest BCUT2D eigenvalue weighted by molar-refractivity contribution is -0.152. The fourth-order valence-corrected chi connectivity index (χ4v) is 3.95. The molecule has 0 spiro atoms. The molecule has 1 rings (SSSR count). The second kappa shape index (κ2) is 12.3. The number of carbonyl (C=O) groups excluding carboxylic acids is 2. The van der Waals surface area contributed by atoms with Crippen molar-refractivity contribution in [2.75, 3.05) is 19.7 Å². The lowest BCUT2D eigenvalue weighted by atomic mass is 9.72. The van der Waals surface area contributed by atoms with Gasteiger partial charge < -0.3 is 20.9 Å². The molecule has 1 aliphatic rings. The fraction of sp³-hybridized carbons (Fsp3) is 0.905. The smallest absolute Gasteiger partial charge is 0.306 e. The third-order valence-corrected chi connectivity index (χ3v) is 5.58. The van der Waals surface area contributed by atoms with Gasteiger partial charge in [0, 0.05) is 12.8 Å². The van der Waals surface area contributed by atoms with Crippen LogP contribution in [0.3, 0.4) is 0 Å². The topological polar surface area (TPSA) is 105 Å². The highest BCUT2D eigenvalue weighted by molar-refractivity contribution is 5.70. The number of rotatable bonds is 12. The summed E-state index contributed by atoms with van der Waals surface area (Å²) in [5.74, 6) is 0.241. The minimum Gasteiger partial charge on any atom is -0.466 e. The van der Waals surface area contributed by atoms with Crippen LogP contribution in [0.2, 0.25) is 0 Å². The molecule has 0 amide bonds. The predicted molar refractivity (Wildman–Crippen MR) is 107 cm³/mol. The summed E-state index contributed by atoms with van der Waals surface area (Å²) >= 11 is 0. The number of carbonyl (C=O) groups is 2. The van der Waals surface area contributed by atoms with Crippen molar-refractivity contribution in [1.82, 2.24) is 0 Å². The molecule has 1 aliphatic carbocycles. The van der Waals surface area contributed by atoms with Crippen molar-refractivity contribution in [1.29, 1.82) is 0 Å². The maximum atomic E-state index is 12.2. The van der Waals surface area contributed by atoms with E-state index in [9.17, 15) is 9.59 Å². The van der Waals surface area contributed by atoms with Gasteiger partial charge in [-0.1, -0.05) is 33.1 Å². The lowest BCUT2D eigenvalue weighted by Crippen LogP contribution is -2.35. The van der Waals surface area contributed by atoms with Gasteiger partial charge in [0.25, 0.3) is 0 Å². The third kappa shape index (κ3) is 9.56. The van der Waals surface area contributed by atoms with Crippen LogP contribution in [-0.2, 0) is 19.1 Å². The minimum absolute atomic E-state index is 0.0823. The van der Waals surface area contributed by atoms with E-state index in [1.165, 1.54) is 6.42 Å². The molecular weight excluding hydrogens is 344 g/mol. The third-order valence-electron chi connectivity index (χ3n) is 5.58. The molecule has 4 N–H and O–H groups in total. The molecule has 1 saturated carbocycles. The van der Waals surface area contributed by atoms with E-state index in [-0.39, 0.29) is 36.0 Å². The van der Waals surface area contributed by atoms with Gasteiger partial charge in [-0.2, -0.15) is 0 Å². The molecule has 1 unspecified atom stereocenters. The molecule has 0 radical (unpaired) electrons. The van der Waals surface area contributed by atoms with Crippen molar-refractivity contribution >= 4 is 11.9 Å². The first kappa shape index (κ1) is 23.9. The monoisotopic (exact) mass is 384 g/mol. The van der Waals surface area contributed by atoms with Gasteiger partial charge in [-0.25, -0.2) is 0 Å². The van der Waals surface area contributed by atoms with Crippen molar-refractivity contribution in [3.8, 4) is 0 Å². The molecule has 6 heteroatoms. The summed E-state index contributed by atoms with van der Waals surface area (Å²) in [5.41, 5.74) is 11.6. The molecular formula is C21H40N2O4. The van der Waals surface area contributed by atoms with Crippen LogP contribution >= 0.6 is 0 Å². The zero-order valence-corrected chi connectivity index (χ0v) is 17.5. The summed E-state index contributed by atoms with van der Waals surface area (Å²) in [6.07, 6.45) is 7.39. The molecule has 0 bridgehead atoms. The molecule has 0 aliphatic heterocycles. The number of esters is 2. The second-order valence-electron chi connectivity index (χ2n) is 8.69. The van der Waals surface area contributed by atoms with Crippen LogP contribution < -0.4 is 11.5 Å². The Kier molecular flexibility index (Phi) is 10.9. The van der Waals surface area contributed by atoms with Gasteiger partial charge in [0.1, 0.15) is 6.10 Å². The molecule has 0 aromatic heterocycles. The molecule has 0 heterocycles. The maximum absolute atomic E-state index is 12.2. The first-order valence-electron chi connectivity index (χ1n) is 10.6. The highest BCUT2D eigenvalue weighted by Crippen LogP contribution is 2.38. The Morgan fingerprint density at radius 3 is 2.26 bits per heavy atom. The van der Waals surface area contributed by atoms with Crippen molar-refractivity contribution < 1.29 is 19.1 Å². The summed E-state index contributed by atoms with van der Waals surface area (Å²) < 4.78 is 10.8. The van der Waals surface area contributed by atoms with E-state index >= 15 is 0 Å². The van der Waals surface area contributed by atoms with Crippen LogP contribution in [0.5, 0.6) is 0 Å². The predicted octanol–water partition coefficient (Wildman–Crippen LogP) is 3.16. The Morgan fingerprint density at radius 2 is 1.70 bits per heavy atom. The summed E-state index contributed by atoms with van der Waals surface area (Å²) in [6, 6.07) is 0. The number of nitrogens with two attached hydrogens (primary N) is 2. The number of hydrogen-bond acceptors (Lipinski definition) is 6. The van der Waals surface area contributed by atoms with Crippen molar-refractivity contribution in [3.63, 3.8) is 0 Å². The average molecular weight is 385 g/mol. The maximum Gasteiger partial charge on any atom is 0.306 e. The quantitative estimate of drug-likeness (QED) is 0.501. The minimum atomic E-state index is -0.277. The lowest BCUT2D eigenvalue weighted by Gasteiger charge is -2.35. The van der Waals surface area contributed by atoms with Gasteiger partial charge in [-0.05, 0) is 56.5 Å². The van der Waals surface area contributed by atoms with E-state index in [2.05, 4.69) is 13.8 Å². The Labute approximate surface area is 164 Å². The van der Waals surface area contributed by atoms with Crippen molar-refractivity contribution in [2.45, 2.75) is 84.7 Å². The Bertz CT molecular complexity index is 447. The Hall–Kier alpha value is -1.14. The summed E-state index contributed by atoms with van der Waals surface area (Å²) in [6.45, 7) is 7.35. The fourth-order valence-electron chi connectivity index (χ4n) is 3.95. The Morgan fingerprint density at radius 1 is 1.04 bits per heavy atom. The van der Waals surface area contributed by atoms with Crippen LogP contribution in [0.15, 0.2) is 0 Å². The zero-order valence-electron chi connectivity index (χ0n) is 17.5. The molecule has 27 heavy (non-hydrogen) atoms. The molecule has 158 valence electrons. The second-order valence-corrected chi connectivity index (χ2v) is 8.69. The summed E-state index contributed by atoms with van der Waals surface area (Å²) in [7, 11) is 0. The highest BCUT2D eigenvalue weighted by Gasteiger charge is 2.33. The van der Waals surface area contributed by atoms with Crippen molar-refractivity contribution in [2.24, 2.45) is 28.7 Å². The largest absolute Gasteiger partial charge is 0.466 e. The van der Waals surface area contributed by atoms with Gasteiger partial charge in [0.05, 0.1) is 13.0 Å². The van der Waals surface area contributed by atoms with Gasteiger partial charge in [-0.15, -0.1) is 0 Å². The van der Waals surface area contributed by atoms with E-state index in [1.54, 1.807) is 0 Å². The van der Waals surface area contributed by atoms with Crippen LogP contribution in [0.25, 0.3) is 0 Å². The van der Waals surface area contributed by atoms with Gasteiger partial charge >= 0.3 is 11.9 Å². The van der Waals surface area contributed by atoms with Gasteiger partial charge in [0.2, 0.25) is 0 Å². The van der Waals surface area contributed by atoms with Crippen molar-refractivity contribution in [3.05, 3.63) is 0 Å². The van der Waals surface area contributed by atoms with Crippen LogP contribution in [0.4, 0.5) is 0 Å². The standard InChI is InChI=1S/C21H40N2O4/c1-16(2)11-18(14-22)12-19(24)27-17(3)7-10-26-20(25)13-21(15-23)8-5-4-6-9-21/h16-18H,4-15,22-23H2,1-3H3/t17?,18-/m0/s1.